The van der Waals surface area contributed by atoms with Crippen molar-refractivity contribution >= 4 is 45.8 Å². The molecule has 0 radical (unpaired) electrons. The van der Waals surface area contributed by atoms with Gasteiger partial charge in [-0.1, -0.05) is 6.07 Å². The molecule has 0 atom stereocenters. The Morgan fingerprint density at radius 1 is 1.05 bits per heavy atom. The number of nitrogens with zero attached hydrogens (tertiary/aromatic N) is 5. The molecule has 204 valence electrons. The first-order valence-electron chi connectivity index (χ1n) is 12.7. The summed E-state index contributed by atoms with van der Waals surface area (Å²) in [7, 11) is 1.65. The number of nitrogens with one attached hydrogen (secondary N) is 1. The number of aryl methyl sites for hydroxylation is 2. The zero-order valence-corrected chi connectivity index (χ0v) is 22.6. The van der Waals surface area contributed by atoms with Crippen molar-refractivity contribution in [2.45, 2.75) is 13.0 Å². The Hall–Kier alpha value is -5.16. The summed E-state index contributed by atoms with van der Waals surface area (Å²) in [4.78, 5) is 41.9. The van der Waals surface area contributed by atoms with Crippen LogP contribution in [0, 0.1) is 5.82 Å². The lowest BCUT2D eigenvalue weighted by atomic mass is 10.1. The molecule has 11 heteroatoms. The van der Waals surface area contributed by atoms with E-state index in [-0.39, 0.29) is 11.8 Å². The number of rotatable bonds is 8. The van der Waals surface area contributed by atoms with Gasteiger partial charge in [0.15, 0.2) is 12.2 Å². The van der Waals surface area contributed by atoms with Gasteiger partial charge >= 0.3 is 0 Å². The van der Waals surface area contributed by atoms with E-state index < -0.39 is 5.82 Å². The number of fused-ring (bicyclic) bond motifs is 1. The number of pyridine rings is 1. The van der Waals surface area contributed by atoms with Crippen LogP contribution in [0.3, 0.4) is 0 Å². The normalized spacial score (nSPS) is 11.1. The van der Waals surface area contributed by atoms with Gasteiger partial charge in [0.05, 0.1) is 27.0 Å². The highest BCUT2D eigenvalue weighted by atomic mass is 32.1. The summed E-state index contributed by atoms with van der Waals surface area (Å²) < 4.78 is 20.6. The Bertz CT molecular complexity index is 1830. The molecular weight excluding hydrogens is 543 g/mol. The third-order valence-corrected chi connectivity index (χ3v) is 7.69. The molecule has 0 fully saturated rings. The summed E-state index contributed by atoms with van der Waals surface area (Å²) in [5.74, 6) is -0.0248. The highest BCUT2D eigenvalue weighted by Crippen LogP contribution is 2.30. The fraction of sp³-hybridized carbons (Fsp3) is 0.100. The summed E-state index contributed by atoms with van der Waals surface area (Å²) in [5, 5.41) is 2.96. The number of anilines is 2. The molecular formula is C30H23FN6O3S. The predicted octanol–water partition coefficient (Wildman–Crippen LogP) is 6.06. The Morgan fingerprint density at radius 2 is 1.90 bits per heavy atom. The van der Waals surface area contributed by atoms with Crippen LogP contribution in [-0.4, -0.2) is 38.4 Å². The van der Waals surface area contributed by atoms with Crippen molar-refractivity contribution in [3.63, 3.8) is 0 Å². The molecule has 6 rings (SSSR count). The van der Waals surface area contributed by atoms with E-state index in [2.05, 4.69) is 15.3 Å². The van der Waals surface area contributed by atoms with Gasteiger partial charge < -0.3 is 13.9 Å². The molecule has 9 nitrogen and oxygen atoms in total. The first kappa shape index (κ1) is 26.1. The van der Waals surface area contributed by atoms with Crippen molar-refractivity contribution in [3.8, 4) is 10.6 Å². The SMILES string of the molecule is CN(C(=O)c1ccc(F)cc1)c1ccc2c(c1)nc(NC(=O)c1ccc(-c3cnco3)s1)n2CCc1cccnc1. The molecule has 4 heterocycles. The number of hydrogen-bond acceptors (Lipinski definition) is 7. The quantitative estimate of drug-likeness (QED) is 0.240. The number of oxazole rings is 1. The monoisotopic (exact) mass is 566 g/mol. The third-order valence-electron chi connectivity index (χ3n) is 6.59. The number of aromatic nitrogens is 4. The van der Waals surface area contributed by atoms with Crippen molar-refractivity contribution in [1.29, 1.82) is 0 Å². The molecule has 0 aliphatic heterocycles. The molecule has 0 aliphatic carbocycles. The van der Waals surface area contributed by atoms with Crippen LogP contribution in [0.5, 0.6) is 0 Å². The van der Waals surface area contributed by atoms with E-state index in [0.29, 0.717) is 46.3 Å². The zero-order valence-electron chi connectivity index (χ0n) is 21.8. The van der Waals surface area contributed by atoms with E-state index in [4.69, 9.17) is 9.40 Å². The molecule has 0 aliphatic rings. The highest BCUT2D eigenvalue weighted by molar-refractivity contribution is 7.17. The molecule has 41 heavy (non-hydrogen) atoms. The van der Waals surface area contributed by atoms with E-state index in [0.717, 1.165) is 16.0 Å². The Kier molecular flexibility index (Phi) is 7.09. The Morgan fingerprint density at radius 3 is 2.66 bits per heavy atom. The zero-order chi connectivity index (χ0) is 28.3. The molecule has 2 aromatic carbocycles. The second kappa shape index (κ2) is 11.1. The van der Waals surface area contributed by atoms with Crippen LogP contribution in [0.15, 0.2) is 96.1 Å². The van der Waals surface area contributed by atoms with Crippen LogP contribution in [0.2, 0.25) is 0 Å². The van der Waals surface area contributed by atoms with Crippen molar-refractivity contribution in [2.75, 3.05) is 17.3 Å². The minimum atomic E-state index is -0.409. The fourth-order valence-electron chi connectivity index (χ4n) is 4.43. The minimum absolute atomic E-state index is 0.283. The number of carbonyl (C=O) groups is 2. The van der Waals surface area contributed by atoms with Gasteiger partial charge in [0.25, 0.3) is 11.8 Å². The molecule has 6 aromatic rings. The van der Waals surface area contributed by atoms with E-state index >= 15 is 0 Å². The fourth-order valence-corrected chi connectivity index (χ4v) is 5.29. The molecule has 1 N–H and O–H groups in total. The minimum Gasteiger partial charge on any atom is -0.443 e. The molecule has 0 saturated carbocycles. The largest absolute Gasteiger partial charge is 0.443 e. The maximum absolute atomic E-state index is 13.3. The maximum atomic E-state index is 13.3. The van der Waals surface area contributed by atoms with E-state index in [1.165, 1.54) is 46.9 Å². The van der Waals surface area contributed by atoms with Crippen LogP contribution in [0.1, 0.15) is 25.6 Å². The second-order valence-corrected chi connectivity index (χ2v) is 10.3. The smallest absolute Gasteiger partial charge is 0.268 e. The second-order valence-electron chi connectivity index (χ2n) is 9.23. The molecule has 0 unspecified atom stereocenters. The third kappa shape index (κ3) is 5.48. The number of amides is 2. The van der Waals surface area contributed by atoms with Crippen LogP contribution >= 0.6 is 11.3 Å². The summed E-state index contributed by atoms with van der Waals surface area (Å²) >= 11 is 1.29. The van der Waals surface area contributed by atoms with Gasteiger partial charge in [0.2, 0.25) is 5.95 Å². The van der Waals surface area contributed by atoms with Crippen LogP contribution in [0.4, 0.5) is 16.0 Å². The number of thiophene rings is 1. The summed E-state index contributed by atoms with van der Waals surface area (Å²) in [6.45, 7) is 0.537. The van der Waals surface area contributed by atoms with Gasteiger partial charge in [-0.3, -0.25) is 19.9 Å². The summed E-state index contributed by atoms with van der Waals surface area (Å²) in [6.07, 6.45) is 7.14. The predicted molar refractivity (Wildman–Crippen MR) is 155 cm³/mol. The average Bonchev–Trinajstić information content (AvgIpc) is 3.76. The van der Waals surface area contributed by atoms with Crippen molar-refractivity contribution in [3.05, 3.63) is 114 Å². The molecule has 0 saturated heterocycles. The maximum Gasteiger partial charge on any atom is 0.268 e. The van der Waals surface area contributed by atoms with Gasteiger partial charge in [-0.15, -0.1) is 11.3 Å². The molecule has 2 amide bonds. The van der Waals surface area contributed by atoms with Crippen molar-refractivity contribution in [1.82, 2.24) is 19.5 Å². The Labute approximate surface area is 237 Å². The van der Waals surface area contributed by atoms with Crippen LogP contribution in [0.25, 0.3) is 21.7 Å². The van der Waals surface area contributed by atoms with Gasteiger partial charge in [-0.2, -0.15) is 0 Å². The standard InChI is InChI=1S/C30H23FN6O3S/c1-36(29(39)20-4-6-21(31)7-5-20)22-8-9-24-23(15-22)34-30(37(24)14-12-19-3-2-13-32-16-19)35-28(38)27-11-10-26(41-27)25-17-33-18-40-25/h2-11,13,15-18H,12,14H2,1H3,(H,34,35,38). The lowest BCUT2D eigenvalue weighted by Gasteiger charge is -2.17. The lowest BCUT2D eigenvalue weighted by Crippen LogP contribution is -2.26. The number of carbonyl (C=O) groups excluding carboxylic acids is 2. The first-order valence-corrected chi connectivity index (χ1v) is 13.5. The molecule has 0 spiro atoms. The lowest BCUT2D eigenvalue weighted by molar-refractivity contribution is 0.0991. The van der Waals surface area contributed by atoms with E-state index in [1.807, 2.05) is 41.1 Å². The topological polar surface area (TPSA) is 106 Å². The van der Waals surface area contributed by atoms with Gasteiger partial charge in [0.1, 0.15) is 5.82 Å². The van der Waals surface area contributed by atoms with Crippen LogP contribution in [-0.2, 0) is 13.0 Å². The van der Waals surface area contributed by atoms with Crippen molar-refractivity contribution in [2.24, 2.45) is 0 Å². The first-order chi connectivity index (χ1) is 20.0. The molecule has 4 aromatic heterocycles. The van der Waals surface area contributed by atoms with E-state index in [9.17, 15) is 14.0 Å². The van der Waals surface area contributed by atoms with Gasteiger partial charge in [-0.25, -0.2) is 14.4 Å². The number of imidazole rings is 1. The van der Waals surface area contributed by atoms with E-state index in [1.54, 1.807) is 31.6 Å². The van der Waals surface area contributed by atoms with Gasteiger partial charge in [-0.05, 0) is 72.6 Å². The number of benzene rings is 2. The van der Waals surface area contributed by atoms with Crippen LogP contribution < -0.4 is 10.2 Å². The molecule has 0 bridgehead atoms. The van der Waals surface area contributed by atoms with Crippen molar-refractivity contribution < 1.29 is 18.4 Å². The number of halogens is 1. The summed E-state index contributed by atoms with van der Waals surface area (Å²) in [5.41, 5.74) is 3.42. The average molecular weight is 567 g/mol. The highest BCUT2D eigenvalue weighted by Gasteiger charge is 2.19. The van der Waals surface area contributed by atoms with Gasteiger partial charge in [0, 0.05) is 37.2 Å². The summed E-state index contributed by atoms with van der Waals surface area (Å²) in [6, 6.07) is 18.3. The number of hydrogen-bond donors (Lipinski definition) is 1. The Balaban J connectivity index is 1.31.